The molecular formula is C13H26OS. The predicted octanol–water partition coefficient (Wildman–Crippen LogP) is 4.45. The third-order valence-corrected chi connectivity index (χ3v) is 3.85. The van der Waals surface area contributed by atoms with Crippen molar-refractivity contribution in [3.05, 3.63) is 0 Å². The van der Waals surface area contributed by atoms with Crippen molar-refractivity contribution in [2.75, 3.05) is 5.75 Å². The second-order valence-electron chi connectivity index (χ2n) is 4.10. The zero-order valence-electron chi connectivity index (χ0n) is 10.3. The van der Waals surface area contributed by atoms with Crippen molar-refractivity contribution in [3.63, 3.8) is 0 Å². The molecule has 0 rings (SSSR count). The lowest BCUT2D eigenvalue weighted by Crippen LogP contribution is -2.04. The third kappa shape index (κ3) is 10.3. The van der Waals surface area contributed by atoms with Crippen LogP contribution in [0.2, 0.25) is 0 Å². The molecule has 0 N–H and O–H groups in total. The average Bonchev–Trinajstić information content (AvgIpc) is 2.26. The Labute approximate surface area is 99.4 Å². The van der Waals surface area contributed by atoms with Crippen LogP contribution in [0.15, 0.2) is 0 Å². The van der Waals surface area contributed by atoms with Gasteiger partial charge in [0, 0.05) is 0 Å². The first-order chi connectivity index (χ1) is 7.35. The Kier molecular flexibility index (Phi) is 12.1. The highest BCUT2D eigenvalue weighted by molar-refractivity contribution is 8.00. The summed E-state index contributed by atoms with van der Waals surface area (Å²) in [6, 6.07) is 0. The molecule has 2 heteroatoms. The Morgan fingerprint density at radius 1 is 1.00 bits per heavy atom. The van der Waals surface area contributed by atoms with Gasteiger partial charge in [0.2, 0.25) is 0 Å². The summed E-state index contributed by atoms with van der Waals surface area (Å²) in [6.45, 7) is 4.39. The van der Waals surface area contributed by atoms with E-state index in [2.05, 4.69) is 13.8 Å². The molecule has 0 spiro atoms. The first-order valence-electron chi connectivity index (χ1n) is 6.42. The number of carbonyl (C=O) groups excluding carboxylic acids is 1. The lowest BCUT2D eigenvalue weighted by Gasteiger charge is -2.07. The Bertz CT molecular complexity index is 136. The molecule has 0 radical (unpaired) electrons. The standard InChI is InChI=1S/C13H26OS/c1-3-5-6-7-8-9-11-15-13(12-14)10-4-2/h12-13H,3-11H2,1-2H3. The maximum absolute atomic E-state index is 10.7. The fourth-order valence-corrected chi connectivity index (χ4v) is 2.75. The van der Waals surface area contributed by atoms with Gasteiger partial charge in [-0.2, -0.15) is 11.8 Å². The van der Waals surface area contributed by atoms with Crippen LogP contribution in [0, 0.1) is 0 Å². The minimum Gasteiger partial charge on any atom is -0.302 e. The minimum atomic E-state index is 0.255. The van der Waals surface area contributed by atoms with Gasteiger partial charge in [-0.1, -0.05) is 52.4 Å². The van der Waals surface area contributed by atoms with E-state index in [-0.39, 0.29) is 5.25 Å². The van der Waals surface area contributed by atoms with Crippen molar-refractivity contribution in [1.29, 1.82) is 0 Å². The summed E-state index contributed by atoms with van der Waals surface area (Å²) in [4.78, 5) is 10.7. The Hall–Kier alpha value is 0.0200. The molecular weight excluding hydrogens is 204 g/mol. The van der Waals surface area contributed by atoms with E-state index >= 15 is 0 Å². The summed E-state index contributed by atoms with van der Waals surface area (Å²) in [7, 11) is 0. The van der Waals surface area contributed by atoms with Crippen LogP contribution in [-0.4, -0.2) is 17.3 Å². The molecule has 0 aliphatic rings. The summed E-state index contributed by atoms with van der Waals surface area (Å²) < 4.78 is 0. The monoisotopic (exact) mass is 230 g/mol. The van der Waals surface area contributed by atoms with Gasteiger partial charge in [-0.25, -0.2) is 0 Å². The van der Waals surface area contributed by atoms with Gasteiger partial charge in [0.1, 0.15) is 6.29 Å². The van der Waals surface area contributed by atoms with Crippen LogP contribution in [0.25, 0.3) is 0 Å². The van der Waals surface area contributed by atoms with Crippen molar-refractivity contribution in [3.8, 4) is 0 Å². The van der Waals surface area contributed by atoms with Crippen LogP contribution >= 0.6 is 11.8 Å². The van der Waals surface area contributed by atoms with E-state index < -0.39 is 0 Å². The maximum Gasteiger partial charge on any atom is 0.132 e. The Balaban J connectivity index is 3.17. The zero-order chi connectivity index (χ0) is 11.4. The van der Waals surface area contributed by atoms with Gasteiger partial charge in [-0.3, -0.25) is 0 Å². The predicted molar refractivity (Wildman–Crippen MR) is 70.6 cm³/mol. The molecule has 0 saturated carbocycles. The highest BCUT2D eigenvalue weighted by Crippen LogP contribution is 2.17. The summed E-state index contributed by atoms with van der Waals surface area (Å²) >= 11 is 1.84. The average molecular weight is 230 g/mol. The zero-order valence-corrected chi connectivity index (χ0v) is 11.2. The van der Waals surface area contributed by atoms with Crippen molar-refractivity contribution < 1.29 is 4.79 Å². The lowest BCUT2D eigenvalue weighted by atomic mass is 10.1. The molecule has 0 fully saturated rings. The summed E-state index contributed by atoms with van der Waals surface area (Å²) in [5, 5.41) is 0.255. The third-order valence-electron chi connectivity index (χ3n) is 2.55. The van der Waals surface area contributed by atoms with Crippen molar-refractivity contribution >= 4 is 18.0 Å². The fraction of sp³-hybridized carbons (Fsp3) is 0.923. The molecule has 15 heavy (non-hydrogen) atoms. The normalized spacial score (nSPS) is 12.7. The molecule has 0 aliphatic carbocycles. The number of carbonyl (C=O) groups is 1. The number of rotatable bonds is 11. The number of hydrogen-bond donors (Lipinski definition) is 0. The van der Waals surface area contributed by atoms with Gasteiger partial charge in [0.05, 0.1) is 5.25 Å². The second-order valence-corrected chi connectivity index (χ2v) is 5.45. The minimum absolute atomic E-state index is 0.255. The van der Waals surface area contributed by atoms with Gasteiger partial charge < -0.3 is 4.79 Å². The summed E-state index contributed by atoms with van der Waals surface area (Å²) in [5.74, 6) is 1.16. The summed E-state index contributed by atoms with van der Waals surface area (Å²) in [5.41, 5.74) is 0. The smallest absolute Gasteiger partial charge is 0.132 e. The molecule has 1 atom stereocenters. The number of aldehydes is 1. The largest absolute Gasteiger partial charge is 0.302 e. The van der Waals surface area contributed by atoms with Crippen LogP contribution in [0.4, 0.5) is 0 Å². The van der Waals surface area contributed by atoms with Crippen LogP contribution in [-0.2, 0) is 4.79 Å². The number of thioether (sulfide) groups is 1. The number of hydrogen-bond acceptors (Lipinski definition) is 2. The van der Waals surface area contributed by atoms with E-state index in [1.807, 2.05) is 11.8 Å². The van der Waals surface area contributed by atoms with Gasteiger partial charge in [0.25, 0.3) is 0 Å². The molecule has 0 aromatic heterocycles. The first kappa shape index (κ1) is 15.0. The van der Waals surface area contributed by atoms with E-state index in [4.69, 9.17) is 0 Å². The van der Waals surface area contributed by atoms with Gasteiger partial charge >= 0.3 is 0 Å². The fourth-order valence-electron chi connectivity index (χ4n) is 1.59. The summed E-state index contributed by atoms with van der Waals surface area (Å²) in [6.07, 6.45) is 11.3. The van der Waals surface area contributed by atoms with E-state index in [0.29, 0.717) is 0 Å². The Morgan fingerprint density at radius 3 is 2.27 bits per heavy atom. The van der Waals surface area contributed by atoms with E-state index in [1.54, 1.807) is 0 Å². The van der Waals surface area contributed by atoms with Gasteiger partial charge in [0.15, 0.2) is 0 Å². The topological polar surface area (TPSA) is 17.1 Å². The molecule has 0 amide bonds. The van der Waals surface area contributed by atoms with E-state index in [0.717, 1.165) is 24.9 Å². The molecule has 1 unspecified atom stereocenters. The molecule has 1 nitrogen and oxygen atoms in total. The van der Waals surface area contributed by atoms with Gasteiger partial charge in [-0.15, -0.1) is 0 Å². The molecule has 0 heterocycles. The quantitative estimate of drug-likeness (QED) is 0.385. The molecule has 0 bridgehead atoms. The van der Waals surface area contributed by atoms with Crippen molar-refractivity contribution in [2.45, 2.75) is 70.5 Å². The highest BCUT2D eigenvalue weighted by Gasteiger charge is 2.05. The van der Waals surface area contributed by atoms with Crippen LogP contribution in [0.1, 0.15) is 65.2 Å². The SMILES string of the molecule is CCCCCCCCSC(C=O)CCC. The lowest BCUT2D eigenvalue weighted by molar-refractivity contribution is -0.107. The number of unbranched alkanes of at least 4 members (excludes halogenated alkanes) is 5. The van der Waals surface area contributed by atoms with Crippen molar-refractivity contribution in [2.24, 2.45) is 0 Å². The van der Waals surface area contributed by atoms with Crippen LogP contribution in [0.5, 0.6) is 0 Å². The second kappa shape index (κ2) is 12.1. The maximum atomic E-state index is 10.7. The molecule has 0 saturated heterocycles. The van der Waals surface area contributed by atoms with Crippen LogP contribution in [0.3, 0.4) is 0 Å². The van der Waals surface area contributed by atoms with Crippen LogP contribution < -0.4 is 0 Å². The molecule has 0 aliphatic heterocycles. The van der Waals surface area contributed by atoms with E-state index in [1.165, 1.54) is 38.5 Å². The van der Waals surface area contributed by atoms with Gasteiger partial charge in [-0.05, 0) is 18.6 Å². The highest BCUT2D eigenvalue weighted by atomic mass is 32.2. The molecule has 0 aromatic carbocycles. The molecule has 0 aromatic rings. The first-order valence-corrected chi connectivity index (χ1v) is 7.46. The Morgan fingerprint density at radius 2 is 1.67 bits per heavy atom. The van der Waals surface area contributed by atoms with E-state index in [9.17, 15) is 4.79 Å². The van der Waals surface area contributed by atoms with Crippen molar-refractivity contribution in [1.82, 2.24) is 0 Å². The molecule has 90 valence electrons.